The van der Waals surface area contributed by atoms with Gasteiger partial charge in [-0.1, -0.05) is 124 Å². The molecule has 0 aliphatic heterocycles. The Balaban J connectivity index is 3.61. The fourth-order valence-corrected chi connectivity index (χ4v) is 4.60. The topological polar surface area (TPSA) is 52.6 Å². The van der Waals surface area contributed by atoms with E-state index in [1.165, 1.54) is 89.9 Å². The van der Waals surface area contributed by atoms with Gasteiger partial charge in [0.25, 0.3) is 0 Å². The molecule has 0 radical (unpaired) electrons. The molecule has 1 atom stereocenters. The minimum Gasteiger partial charge on any atom is -0.466 e. The van der Waals surface area contributed by atoms with Crippen molar-refractivity contribution in [3.8, 4) is 0 Å². The molecule has 4 heteroatoms. The summed E-state index contributed by atoms with van der Waals surface area (Å²) < 4.78 is 10.8. The molecule has 0 amide bonds. The molecule has 0 aromatic rings. The van der Waals surface area contributed by atoms with Crippen molar-refractivity contribution in [2.24, 2.45) is 11.8 Å². The first-order chi connectivity index (χ1) is 17.0. The Morgan fingerprint density at radius 3 is 1.46 bits per heavy atom. The van der Waals surface area contributed by atoms with Crippen LogP contribution in [-0.4, -0.2) is 25.2 Å². The zero-order valence-corrected chi connectivity index (χ0v) is 24.1. The van der Waals surface area contributed by atoms with Crippen molar-refractivity contribution in [2.75, 3.05) is 13.2 Å². The third-order valence-electron chi connectivity index (χ3n) is 7.14. The van der Waals surface area contributed by atoms with Gasteiger partial charge in [0.2, 0.25) is 0 Å². The van der Waals surface area contributed by atoms with Crippen LogP contribution in [0.15, 0.2) is 0 Å². The van der Waals surface area contributed by atoms with Gasteiger partial charge in [-0.15, -0.1) is 0 Å². The average Bonchev–Trinajstić information content (AvgIpc) is 2.83. The molecule has 0 heterocycles. The summed E-state index contributed by atoms with van der Waals surface area (Å²) in [6.07, 6.45) is 23.5. The minimum absolute atomic E-state index is 0.0120. The second kappa shape index (κ2) is 26.0. The Morgan fingerprint density at radius 2 is 0.943 bits per heavy atom. The van der Waals surface area contributed by atoms with Crippen LogP contribution >= 0.6 is 0 Å². The number of esters is 2. The molecule has 0 N–H and O–H groups in total. The molecule has 35 heavy (non-hydrogen) atoms. The van der Waals surface area contributed by atoms with E-state index in [9.17, 15) is 9.59 Å². The number of carbonyl (C=O) groups is 2. The first-order valence-electron chi connectivity index (χ1n) is 15.3. The van der Waals surface area contributed by atoms with E-state index in [0.29, 0.717) is 37.9 Å². The monoisotopic (exact) mass is 496 g/mol. The molecule has 0 aromatic heterocycles. The Kier molecular flexibility index (Phi) is 25.2. The van der Waals surface area contributed by atoms with Crippen LogP contribution in [-0.2, 0) is 19.1 Å². The molecule has 0 aliphatic carbocycles. The Hall–Kier alpha value is -1.06. The fourth-order valence-electron chi connectivity index (χ4n) is 4.60. The molecule has 0 fully saturated rings. The van der Waals surface area contributed by atoms with Crippen molar-refractivity contribution in [1.82, 2.24) is 0 Å². The quantitative estimate of drug-likeness (QED) is 0.0883. The second-order valence-corrected chi connectivity index (χ2v) is 10.8. The Morgan fingerprint density at radius 1 is 0.514 bits per heavy atom. The smallest absolute Gasteiger partial charge is 0.305 e. The number of rotatable bonds is 26. The van der Waals surface area contributed by atoms with E-state index >= 15 is 0 Å². The molecule has 0 spiro atoms. The van der Waals surface area contributed by atoms with Crippen molar-refractivity contribution in [3.63, 3.8) is 0 Å². The summed E-state index contributed by atoms with van der Waals surface area (Å²) in [5, 5.41) is 0. The largest absolute Gasteiger partial charge is 0.466 e. The fraction of sp³-hybridized carbons (Fsp3) is 0.935. The van der Waals surface area contributed by atoms with Crippen LogP contribution in [0.25, 0.3) is 0 Å². The molecule has 0 rings (SSSR count). The van der Waals surface area contributed by atoms with Crippen LogP contribution < -0.4 is 0 Å². The lowest BCUT2D eigenvalue weighted by atomic mass is 9.86. The predicted molar refractivity (Wildman–Crippen MR) is 149 cm³/mol. The van der Waals surface area contributed by atoms with Crippen LogP contribution in [0, 0.1) is 11.8 Å². The maximum atomic E-state index is 12.1. The summed E-state index contributed by atoms with van der Waals surface area (Å²) in [6.45, 7) is 10.2. The normalized spacial score (nSPS) is 12.1. The van der Waals surface area contributed by atoms with Gasteiger partial charge in [0.1, 0.15) is 0 Å². The maximum Gasteiger partial charge on any atom is 0.305 e. The lowest BCUT2D eigenvalue weighted by molar-refractivity contribution is -0.145. The molecule has 0 saturated carbocycles. The van der Waals surface area contributed by atoms with Gasteiger partial charge in [-0.25, -0.2) is 0 Å². The highest BCUT2D eigenvalue weighted by atomic mass is 16.5. The van der Waals surface area contributed by atoms with E-state index in [4.69, 9.17) is 9.47 Å². The van der Waals surface area contributed by atoms with E-state index in [1.807, 2.05) is 0 Å². The average molecular weight is 497 g/mol. The minimum atomic E-state index is -0.0175. The van der Waals surface area contributed by atoms with Crippen LogP contribution in [0.1, 0.15) is 163 Å². The van der Waals surface area contributed by atoms with E-state index in [-0.39, 0.29) is 11.9 Å². The number of unbranched alkanes of at least 4 members (excludes halogenated alkanes) is 14. The second-order valence-electron chi connectivity index (χ2n) is 10.8. The van der Waals surface area contributed by atoms with Gasteiger partial charge >= 0.3 is 11.9 Å². The highest BCUT2D eigenvalue weighted by Gasteiger charge is 2.15. The molecule has 1 unspecified atom stereocenters. The molecule has 208 valence electrons. The van der Waals surface area contributed by atoms with Crippen LogP contribution in [0.4, 0.5) is 0 Å². The lowest BCUT2D eigenvalue weighted by Gasteiger charge is -2.20. The summed E-state index contributed by atoms with van der Waals surface area (Å²) in [4.78, 5) is 23.8. The SMILES string of the molecule is CCCCCCCOC(=O)CCCCCCCCCC(CCC(=O)OCCCCCCC)C(C)C. The summed E-state index contributed by atoms with van der Waals surface area (Å²) in [7, 11) is 0. The zero-order valence-electron chi connectivity index (χ0n) is 24.1. The summed E-state index contributed by atoms with van der Waals surface area (Å²) in [6, 6.07) is 0. The molecule has 0 saturated heterocycles. The standard InChI is InChI=1S/C31H60O4/c1-5-7-9-16-20-26-34-30(32)23-19-15-13-11-12-14-18-22-29(28(3)4)24-25-31(33)35-27-21-17-10-8-6-2/h28-29H,5-27H2,1-4H3. The molecule has 0 aromatic carbocycles. The Labute approximate surface area is 218 Å². The van der Waals surface area contributed by atoms with Crippen LogP contribution in [0.5, 0.6) is 0 Å². The van der Waals surface area contributed by atoms with Crippen molar-refractivity contribution < 1.29 is 19.1 Å². The maximum absolute atomic E-state index is 12.1. The highest BCUT2D eigenvalue weighted by molar-refractivity contribution is 5.69. The third kappa shape index (κ3) is 24.4. The number of ether oxygens (including phenoxy) is 2. The van der Waals surface area contributed by atoms with Gasteiger partial charge < -0.3 is 9.47 Å². The van der Waals surface area contributed by atoms with Crippen molar-refractivity contribution >= 4 is 11.9 Å². The zero-order chi connectivity index (χ0) is 26.0. The summed E-state index contributed by atoms with van der Waals surface area (Å²) >= 11 is 0. The molecule has 0 bridgehead atoms. The van der Waals surface area contributed by atoms with Gasteiger partial charge in [-0.3, -0.25) is 9.59 Å². The summed E-state index contributed by atoms with van der Waals surface area (Å²) in [5.74, 6) is 1.20. The van der Waals surface area contributed by atoms with E-state index in [2.05, 4.69) is 27.7 Å². The molecule has 4 nitrogen and oxygen atoms in total. The van der Waals surface area contributed by atoms with Gasteiger partial charge in [0.15, 0.2) is 0 Å². The van der Waals surface area contributed by atoms with E-state index in [0.717, 1.165) is 32.1 Å². The van der Waals surface area contributed by atoms with Gasteiger partial charge in [-0.2, -0.15) is 0 Å². The summed E-state index contributed by atoms with van der Waals surface area (Å²) in [5.41, 5.74) is 0. The van der Waals surface area contributed by atoms with Gasteiger partial charge in [0, 0.05) is 12.8 Å². The first kappa shape index (κ1) is 33.9. The van der Waals surface area contributed by atoms with Crippen molar-refractivity contribution in [1.29, 1.82) is 0 Å². The molecular weight excluding hydrogens is 436 g/mol. The predicted octanol–water partition coefficient (Wildman–Crippen LogP) is 9.58. The first-order valence-corrected chi connectivity index (χ1v) is 15.3. The Bertz CT molecular complexity index is 475. The van der Waals surface area contributed by atoms with Crippen molar-refractivity contribution in [3.05, 3.63) is 0 Å². The molecular formula is C31H60O4. The lowest BCUT2D eigenvalue weighted by Crippen LogP contribution is -2.13. The number of hydrogen-bond acceptors (Lipinski definition) is 4. The van der Waals surface area contributed by atoms with Crippen LogP contribution in [0.3, 0.4) is 0 Å². The van der Waals surface area contributed by atoms with Gasteiger partial charge in [-0.05, 0) is 37.5 Å². The number of hydrogen-bond donors (Lipinski definition) is 0. The van der Waals surface area contributed by atoms with E-state index in [1.54, 1.807) is 0 Å². The molecule has 0 aliphatic rings. The van der Waals surface area contributed by atoms with E-state index < -0.39 is 0 Å². The third-order valence-corrected chi connectivity index (χ3v) is 7.14. The van der Waals surface area contributed by atoms with Crippen molar-refractivity contribution in [2.45, 2.75) is 163 Å². The highest BCUT2D eigenvalue weighted by Crippen LogP contribution is 2.24. The van der Waals surface area contributed by atoms with Crippen LogP contribution in [0.2, 0.25) is 0 Å². The number of carbonyl (C=O) groups excluding carboxylic acids is 2. The van der Waals surface area contributed by atoms with Gasteiger partial charge in [0.05, 0.1) is 13.2 Å².